The van der Waals surface area contributed by atoms with E-state index in [0.29, 0.717) is 5.65 Å². The average molecular weight is 392 g/mol. The zero-order valence-electron chi connectivity index (χ0n) is 15.4. The minimum atomic E-state index is -0.376. The van der Waals surface area contributed by atoms with Gasteiger partial charge in [0.15, 0.2) is 11.3 Å². The zero-order valence-corrected chi connectivity index (χ0v) is 16.2. The molecule has 4 rings (SSSR count). The number of fused-ring (bicyclic) bond motifs is 1. The van der Waals surface area contributed by atoms with Gasteiger partial charge >= 0.3 is 0 Å². The number of rotatable bonds is 4. The molecule has 0 saturated carbocycles. The number of amides is 1. The molecule has 0 saturated heterocycles. The topological polar surface area (TPSA) is 72.2 Å². The van der Waals surface area contributed by atoms with Crippen LogP contribution in [0.1, 0.15) is 39.0 Å². The summed E-state index contributed by atoms with van der Waals surface area (Å²) in [6, 6.07) is 15.0. The summed E-state index contributed by atoms with van der Waals surface area (Å²) in [7, 11) is 0. The van der Waals surface area contributed by atoms with Gasteiger partial charge in [0, 0.05) is 23.8 Å². The molecule has 0 aliphatic heterocycles. The maximum atomic E-state index is 13.1. The van der Waals surface area contributed by atoms with Crippen molar-refractivity contribution in [3.63, 3.8) is 0 Å². The molecule has 1 N–H and O–H groups in total. The van der Waals surface area contributed by atoms with Crippen LogP contribution in [0.2, 0.25) is 5.02 Å². The second-order valence-electron chi connectivity index (χ2n) is 6.54. The number of pyridine rings is 1. The van der Waals surface area contributed by atoms with Crippen LogP contribution >= 0.6 is 11.6 Å². The number of carbonyl (C=O) groups excluding carboxylic acids is 1. The molecule has 1 atom stereocenters. The van der Waals surface area contributed by atoms with Gasteiger partial charge in [-0.15, -0.1) is 0 Å². The molecule has 0 aliphatic carbocycles. The van der Waals surface area contributed by atoms with E-state index in [-0.39, 0.29) is 22.7 Å². The van der Waals surface area contributed by atoms with Gasteiger partial charge in [0.25, 0.3) is 5.91 Å². The van der Waals surface area contributed by atoms with Gasteiger partial charge in [-0.25, -0.2) is 9.50 Å². The van der Waals surface area contributed by atoms with Crippen molar-refractivity contribution in [3.05, 3.63) is 94.2 Å². The Morgan fingerprint density at radius 1 is 1.11 bits per heavy atom. The first-order chi connectivity index (χ1) is 13.5. The maximum Gasteiger partial charge on any atom is 0.274 e. The molecule has 0 fully saturated rings. The van der Waals surface area contributed by atoms with E-state index in [0.717, 1.165) is 22.5 Å². The molecule has 0 bridgehead atoms. The molecular formula is C21H18ClN5O. The van der Waals surface area contributed by atoms with Gasteiger partial charge in [-0.2, -0.15) is 5.10 Å². The molecule has 0 radical (unpaired) electrons. The second-order valence-corrected chi connectivity index (χ2v) is 6.92. The summed E-state index contributed by atoms with van der Waals surface area (Å²) in [6.07, 6.45) is 3.43. The van der Waals surface area contributed by atoms with Crippen LogP contribution in [0.5, 0.6) is 0 Å². The highest BCUT2D eigenvalue weighted by atomic mass is 35.5. The predicted molar refractivity (Wildman–Crippen MR) is 107 cm³/mol. The van der Waals surface area contributed by atoms with Crippen molar-refractivity contribution in [2.75, 3.05) is 0 Å². The van der Waals surface area contributed by atoms with Crippen LogP contribution in [0.3, 0.4) is 0 Å². The zero-order chi connectivity index (χ0) is 19.7. The Morgan fingerprint density at radius 2 is 1.86 bits per heavy atom. The smallest absolute Gasteiger partial charge is 0.274 e. The molecule has 0 spiro atoms. The molecule has 1 amide bonds. The molecule has 3 aromatic heterocycles. The van der Waals surface area contributed by atoms with Crippen LogP contribution in [-0.2, 0) is 0 Å². The van der Waals surface area contributed by atoms with Crippen LogP contribution in [0.25, 0.3) is 5.65 Å². The van der Waals surface area contributed by atoms with E-state index < -0.39 is 0 Å². The number of benzene rings is 1. The number of hydrogen-bond donors (Lipinski definition) is 1. The number of aromatic nitrogens is 4. The summed E-state index contributed by atoms with van der Waals surface area (Å²) < 4.78 is 1.59. The third-order valence-electron chi connectivity index (χ3n) is 4.48. The first-order valence-electron chi connectivity index (χ1n) is 8.83. The fraction of sp³-hybridized carbons (Fsp3) is 0.143. The number of nitrogens with zero attached hydrogens (tertiary/aromatic N) is 4. The van der Waals surface area contributed by atoms with Crippen LogP contribution < -0.4 is 5.32 Å². The van der Waals surface area contributed by atoms with E-state index >= 15 is 0 Å². The first kappa shape index (κ1) is 18.1. The first-order valence-corrected chi connectivity index (χ1v) is 9.20. The SMILES string of the molecule is Cc1cc(C)n2nc(C(=O)NC(c3ccccc3)c3cccnc3)c(Cl)c2n1. The van der Waals surface area contributed by atoms with Gasteiger partial charge < -0.3 is 5.32 Å². The van der Waals surface area contributed by atoms with Gasteiger partial charge in [-0.1, -0.05) is 48.0 Å². The molecule has 3 heterocycles. The Labute approximate surface area is 167 Å². The van der Waals surface area contributed by atoms with Crippen molar-refractivity contribution in [1.29, 1.82) is 0 Å². The van der Waals surface area contributed by atoms with Crippen molar-refractivity contribution in [1.82, 2.24) is 24.9 Å². The molecule has 6 nitrogen and oxygen atoms in total. The lowest BCUT2D eigenvalue weighted by molar-refractivity contribution is 0.0937. The molecule has 7 heteroatoms. The summed E-state index contributed by atoms with van der Waals surface area (Å²) in [5.41, 5.74) is 4.10. The van der Waals surface area contributed by atoms with Crippen LogP contribution in [-0.4, -0.2) is 25.5 Å². The second kappa shape index (κ2) is 7.40. The van der Waals surface area contributed by atoms with Crippen LogP contribution in [0, 0.1) is 13.8 Å². The molecule has 140 valence electrons. The number of carbonyl (C=O) groups is 1. The number of nitrogens with one attached hydrogen (secondary N) is 1. The van der Waals surface area contributed by atoms with E-state index in [1.807, 2.05) is 62.4 Å². The van der Waals surface area contributed by atoms with E-state index in [2.05, 4.69) is 20.4 Å². The predicted octanol–water partition coefficient (Wildman–Crippen LogP) is 3.91. The fourth-order valence-corrected chi connectivity index (χ4v) is 3.44. The lowest BCUT2D eigenvalue weighted by atomic mass is 10.00. The lowest BCUT2D eigenvalue weighted by Crippen LogP contribution is -2.30. The third kappa shape index (κ3) is 3.34. The Morgan fingerprint density at radius 3 is 2.57 bits per heavy atom. The van der Waals surface area contributed by atoms with Gasteiger partial charge in [-0.05, 0) is 37.1 Å². The van der Waals surface area contributed by atoms with Crippen molar-refractivity contribution >= 4 is 23.2 Å². The summed E-state index contributed by atoms with van der Waals surface area (Å²) in [4.78, 5) is 21.7. The van der Waals surface area contributed by atoms with Crippen molar-refractivity contribution < 1.29 is 4.79 Å². The van der Waals surface area contributed by atoms with Gasteiger partial charge in [0.05, 0.1) is 6.04 Å². The minimum absolute atomic E-state index is 0.146. The number of halogens is 1. The summed E-state index contributed by atoms with van der Waals surface area (Å²) in [5, 5.41) is 7.66. The van der Waals surface area contributed by atoms with Gasteiger partial charge in [0.2, 0.25) is 0 Å². The molecular weight excluding hydrogens is 374 g/mol. The highest BCUT2D eigenvalue weighted by Crippen LogP contribution is 2.25. The summed E-state index contributed by atoms with van der Waals surface area (Å²) >= 11 is 6.45. The Balaban J connectivity index is 1.74. The quantitative estimate of drug-likeness (QED) is 0.572. The van der Waals surface area contributed by atoms with E-state index in [1.54, 1.807) is 16.9 Å². The third-order valence-corrected chi connectivity index (χ3v) is 4.83. The number of aryl methyl sites for hydroxylation is 2. The van der Waals surface area contributed by atoms with E-state index in [1.165, 1.54) is 0 Å². The van der Waals surface area contributed by atoms with Crippen LogP contribution in [0.15, 0.2) is 60.9 Å². The molecule has 28 heavy (non-hydrogen) atoms. The van der Waals surface area contributed by atoms with E-state index in [9.17, 15) is 4.79 Å². The van der Waals surface area contributed by atoms with E-state index in [4.69, 9.17) is 11.6 Å². The lowest BCUT2D eigenvalue weighted by Gasteiger charge is -2.19. The minimum Gasteiger partial charge on any atom is -0.340 e. The fourth-order valence-electron chi connectivity index (χ4n) is 3.19. The standard InChI is InChI=1S/C21H18ClN5O/c1-13-11-14(2)27-20(24-13)17(22)19(26-27)21(28)25-18(15-7-4-3-5-8-15)16-9-6-10-23-12-16/h3-12,18H,1-2H3,(H,25,28). The Kier molecular flexibility index (Phi) is 4.79. The highest BCUT2D eigenvalue weighted by Gasteiger charge is 2.24. The molecule has 1 aromatic carbocycles. The average Bonchev–Trinajstić information content (AvgIpc) is 3.04. The highest BCUT2D eigenvalue weighted by molar-refractivity contribution is 6.36. The molecule has 4 aromatic rings. The molecule has 0 aliphatic rings. The Bertz CT molecular complexity index is 1100. The summed E-state index contributed by atoms with van der Waals surface area (Å²) in [6.45, 7) is 3.78. The van der Waals surface area contributed by atoms with Crippen LogP contribution in [0.4, 0.5) is 0 Å². The largest absolute Gasteiger partial charge is 0.340 e. The number of hydrogen-bond acceptors (Lipinski definition) is 4. The monoisotopic (exact) mass is 391 g/mol. The van der Waals surface area contributed by atoms with Crippen molar-refractivity contribution in [3.8, 4) is 0 Å². The summed E-state index contributed by atoms with van der Waals surface area (Å²) in [5.74, 6) is -0.370. The van der Waals surface area contributed by atoms with Crippen molar-refractivity contribution in [2.24, 2.45) is 0 Å². The normalized spacial score (nSPS) is 12.1. The maximum absolute atomic E-state index is 13.1. The van der Waals surface area contributed by atoms with Crippen molar-refractivity contribution in [2.45, 2.75) is 19.9 Å². The van der Waals surface area contributed by atoms with Gasteiger partial charge in [0.1, 0.15) is 5.02 Å². The molecule has 1 unspecified atom stereocenters. The Hall–Kier alpha value is -3.25. The van der Waals surface area contributed by atoms with Gasteiger partial charge in [-0.3, -0.25) is 9.78 Å².